The third-order valence-electron chi connectivity index (χ3n) is 4.94. The predicted molar refractivity (Wildman–Crippen MR) is 99.8 cm³/mol. The SMILES string of the molecule is O=C(OCC(=O)N1CCCCC1)[C@@H]1CCCN1S(=O)(=O)c1ccc(Cl)cc1. The molecule has 2 heterocycles. The summed E-state index contributed by atoms with van der Waals surface area (Å²) < 4.78 is 32.0. The van der Waals surface area contributed by atoms with Gasteiger partial charge in [-0.1, -0.05) is 11.6 Å². The van der Waals surface area contributed by atoms with Gasteiger partial charge in [0.1, 0.15) is 6.04 Å². The maximum absolute atomic E-state index is 12.8. The highest BCUT2D eigenvalue weighted by atomic mass is 35.5. The van der Waals surface area contributed by atoms with Gasteiger partial charge in [0.2, 0.25) is 10.0 Å². The zero-order valence-electron chi connectivity index (χ0n) is 15.0. The number of ether oxygens (including phenoxy) is 1. The van der Waals surface area contributed by atoms with Crippen LogP contribution in [0.4, 0.5) is 0 Å². The van der Waals surface area contributed by atoms with E-state index in [1.54, 1.807) is 4.90 Å². The quantitative estimate of drug-likeness (QED) is 0.688. The van der Waals surface area contributed by atoms with Crippen molar-refractivity contribution in [2.45, 2.75) is 43.0 Å². The number of rotatable bonds is 5. The molecule has 0 N–H and O–H groups in total. The number of piperidine rings is 1. The predicted octanol–water partition coefficient (Wildman–Crippen LogP) is 2.05. The molecule has 1 aromatic carbocycles. The zero-order valence-corrected chi connectivity index (χ0v) is 16.5. The van der Waals surface area contributed by atoms with Crippen LogP contribution in [0.5, 0.6) is 0 Å². The number of amides is 1. The monoisotopic (exact) mass is 414 g/mol. The molecule has 0 unspecified atom stereocenters. The minimum atomic E-state index is -3.83. The Labute approximate surface area is 164 Å². The lowest BCUT2D eigenvalue weighted by Crippen LogP contribution is -2.43. The van der Waals surface area contributed by atoms with Crippen molar-refractivity contribution in [3.05, 3.63) is 29.3 Å². The first-order valence-electron chi connectivity index (χ1n) is 9.11. The maximum atomic E-state index is 12.8. The fourth-order valence-corrected chi connectivity index (χ4v) is 5.24. The van der Waals surface area contributed by atoms with Crippen LogP contribution >= 0.6 is 11.6 Å². The highest BCUT2D eigenvalue weighted by Gasteiger charge is 2.40. The second-order valence-electron chi connectivity index (χ2n) is 6.78. The van der Waals surface area contributed by atoms with Gasteiger partial charge in [0.05, 0.1) is 4.90 Å². The van der Waals surface area contributed by atoms with Crippen molar-refractivity contribution in [3.63, 3.8) is 0 Å². The van der Waals surface area contributed by atoms with Gasteiger partial charge >= 0.3 is 5.97 Å². The summed E-state index contributed by atoms with van der Waals surface area (Å²) in [5, 5.41) is 0.433. The second kappa shape index (κ2) is 8.58. The van der Waals surface area contributed by atoms with E-state index in [0.29, 0.717) is 31.0 Å². The van der Waals surface area contributed by atoms with E-state index in [0.717, 1.165) is 23.6 Å². The Morgan fingerprint density at radius 2 is 1.70 bits per heavy atom. The number of halogens is 1. The third-order valence-corrected chi connectivity index (χ3v) is 7.12. The molecular formula is C18H23ClN2O5S. The molecule has 2 aliphatic rings. The Balaban J connectivity index is 1.63. The lowest BCUT2D eigenvalue weighted by Gasteiger charge is -2.27. The molecule has 2 fully saturated rings. The molecule has 9 heteroatoms. The Morgan fingerprint density at radius 1 is 1.04 bits per heavy atom. The van der Waals surface area contributed by atoms with E-state index >= 15 is 0 Å². The molecule has 7 nitrogen and oxygen atoms in total. The van der Waals surface area contributed by atoms with E-state index in [9.17, 15) is 18.0 Å². The Bertz CT molecular complexity index is 790. The summed E-state index contributed by atoms with van der Waals surface area (Å²) in [5.74, 6) is -0.899. The van der Waals surface area contributed by atoms with Crippen molar-refractivity contribution >= 4 is 33.5 Å². The van der Waals surface area contributed by atoms with Gasteiger partial charge in [-0.3, -0.25) is 9.59 Å². The van der Waals surface area contributed by atoms with Gasteiger partial charge in [-0.25, -0.2) is 8.42 Å². The molecule has 1 amide bonds. The van der Waals surface area contributed by atoms with E-state index in [4.69, 9.17) is 16.3 Å². The Kier molecular flexibility index (Phi) is 6.39. The van der Waals surface area contributed by atoms with Crippen molar-refractivity contribution in [2.75, 3.05) is 26.2 Å². The van der Waals surface area contributed by atoms with Crippen LogP contribution in [0.25, 0.3) is 0 Å². The van der Waals surface area contributed by atoms with Gasteiger partial charge in [-0.2, -0.15) is 4.31 Å². The van der Waals surface area contributed by atoms with Gasteiger partial charge in [0, 0.05) is 24.7 Å². The molecule has 2 aliphatic heterocycles. The normalized spacial score (nSPS) is 21.2. The summed E-state index contributed by atoms with van der Waals surface area (Å²) in [5.41, 5.74) is 0. The number of carbonyl (C=O) groups excluding carboxylic acids is 2. The van der Waals surface area contributed by atoms with Crippen LogP contribution in [0, 0.1) is 0 Å². The van der Waals surface area contributed by atoms with E-state index in [1.165, 1.54) is 24.3 Å². The average Bonchev–Trinajstić information content (AvgIpc) is 3.18. The van der Waals surface area contributed by atoms with Crippen LogP contribution < -0.4 is 0 Å². The van der Waals surface area contributed by atoms with E-state index in [-0.39, 0.29) is 24.0 Å². The highest BCUT2D eigenvalue weighted by molar-refractivity contribution is 7.89. The Hall–Kier alpha value is -1.64. The van der Waals surface area contributed by atoms with Crippen LogP contribution in [0.3, 0.4) is 0 Å². The van der Waals surface area contributed by atoms with Gasteiger partial charge in [0.15, 0.2) is 6.61 Å². The zero-order chi connectivity index (χ0) is 19.4. The topological polar surface area (TPSA) is 84.0 Å². The molecule has 0 aromatic heterocycles. The first kappa shape index (κ1) is 20.1. The number of benzene rings is 1. The molecule has 3 rings (SSSR count). The molecule has 0 saturated carbocycles. The summed E-state index contributed by atoms with van der Waals surface area (Å²) in [6.45, 7) is 1.25. The molecule has 1 atom stereocenters. The smallest absolute Gasteiger partial charge is 0.324 e. The van der Waals surface area contributed by atoms with Gasteiger partial charge in [0.25, 0.3) is 5.91 Å². The molecule has 27 heavy (non-hydrogen) atoms. The van der Waals surface area contributed by atoms with E-state index in [1.807, 2.05) is 0 Å². The van der Waals surface area contributed by atoms with Crippen LogP contribution in [-0.4, -0.2) is 61.8 Å². The lowest BCUT2D eigenvalue weighted by atomic mass is 10.1. The average molecular weight is 415 g/mol. The van der Waals surface area contributed by atoms with Crippen molar-refractivity contribution < 1.29 is 22.7 Å². The van der Waals surface area contributed by atoms with Crippen LogP contribution in [0.15, 0.2) is 29.2 Å². The second-order valence-corrected chi connectivity index (χ2v) is 9.10. The molecule has 0 radical (unpaired) electrons. The van der Waals surface area contributed by atoms with E-state index < -0.39 is 22.0 Å². The lowest BCUT2D eigenvalue weighted by molar-refractivity contribution is -0.155. The largest absolute Gasteiger partial charge is 0.454 e. The van der Waals surface area contributed by atoms with Gasteiger partial charge < -0.3 is 9.64 Å². The first-order chi connectivity index (χ1) is 12.9. The van der Waals surface area contributed by atoms with Crippen LogP contribution in [0.2, 0.25) is 5.02 Å². The van der Waals surface area contributed by atoms with Crippen LogP contribution in [0.1, 0.15) is 32.1 Å². The summed E-state index contributed by atoms with van der Waals surface area (Å²) in [7, 11) is -3.83. The molecule has 0 spiro atoms. The number of esters is 1. The first-order valence-corrected chi connectivity index (χ1v) is 10.9. The number of hydrogen-bond acceptors (Lipinski definition) is 5. The molecule has 0 aliphatic carbocycles. The summed E-state index contributed by atoms with van der Waals surface area (Å²) >= 11 is 5.82. The molecule has 1 aromatic rings. The number of sulfonamides is 1. The fourth-order valence-electron chi connectivity index (χ4n) is 3.47. The van der Waals surface area contributed by atoms with Gasteiger partial charge in [-0.05, 0) is 56.4 Å². The molecule has 148 valence electrons. The fraction of sp³-hybridized carbons (Fsp3) is 0.556. The maximum Gasteiger partial charge on any atom is 0.324 e. The standard InChI is InChI=1S/C18H23ClN2O5S/c19-14-6-8-15(9-7-14)27(24,25)21-12-4-5-16(21)18(23)26-13-17(22)20-10-2-1-3-11-20/h6-9,16H,1-5,10-13H2/t16-/m0/s1. The van der Waals surface area contributed by atoms with Gasteiger partial charge in [-0.15, -0.1) is 0 Å². The third kappa shape index (κ3) is 4.62. The summed E-state index contributed by atoms with van der Waals surface area (Å²) in [4.78, 5) is 26.4. The highest BCUT2D eigenvalue weighted by Crippen LogP contribution is 2.27. The van der Waals surface area contributed by atoms with Crippen molar-refractivity contribution in [1.29, 1.82) is 0 Å². The minimum Gasteiger partial charge on any atom is -0.454 e. The minimum absolute atomic E-state index is 0.0796. The Morgan fingerprint density at radius 3 is 2.37 bits per heavy atom. The van der Waals surface area contributed by atoms with Crippen molar-refractivity contribution in [1.82, 2.24) is 9.21 Å². The van der Waals surface area contributed by atoms with Crippen molar-refractivity contribution in [2.24, 2.45) is 0 Å². The molecule has 2 saturated heterocycles. The molecule has 0 bridgehead atoms. The van der Waals surface area contributed by atoms with Crippen LogP contribution in [-0.2, 0) is 24.3 Å². The number of likely N-dealkylation sites (tertiary alicyclic amines) is 1. The van der Waals surface area contributed by atoms with E-state index in [2.05, 4.69) is 0 Å². The summed E-state index contributed by atoms with van der Waals surface area (Å²) in [6, 6.07) is 4.92. The molecular weight excluding hydrogens is 392 g/mol. The summed E-state index contributed by atoms with van der Waals surface area (Å²) in [6.07, 6.45) is 3.95. The number of carbonyl (C=O) groups is 2. The van der Waals surface area contributed by atoms with Crippen molar-refractivity contribution in [3.8, 4) is 0 Å². The number of nitrogens with zero attached hydrogens (tertiary/aromatic N) is 2. The number of hydrogen-bond donors (Lipinski definition) is 0.